The molecule has 110 valence electrons. The van der Waals surface area contributed by atoms with E-state index in [0.717, 1.165) is 0 Å². The predicted octanol–water partition coefficient (Wildman–Crippen LogP) is 2.93. The molecule has 0 saturated heterocycles. The highest BCUT2D eigenvalue weighted by molar-refractivity contribution is 5.96. The third-order valence-corrected chi connectivity index (χ3v) is 3.19. The van der Waals surface area contributed by atoms with Crippen molar-refractivity contribution in [2.45, 2.75) is 6.92 Å². The Morgan fingerprint density at radius 1 is 1.29 bits per heavy atom. The molecule has 2 rings (SSSR count). The molecule has 0 spiro atoms. The van der Waals surface area contributed by atoms with Crippen LogP contribution in [0.1, 0.15) is 17.3 Å². The molecule has 0 radical (unpaired) electrons. The van der Waals surface area contributed by atoms with Crippen LogP contribution < -0.4 is 16.0 Å². The van der Waals surface area contributed by atoms with Gasteiger partial charge in [-0.25, -0.2) is 4.39 Å². The molecule has 3 N–H and O–H groups in total. The van der Waals surface area contributed by atoms with Crippen molar-refractivity contribution in [3.63, 3.8) is 0 Å². The highest BCUT2D eigenvalue weighted by atomic mass is 19.1. The fourth-order valence-electron chi connectivity index (χ4n) is 2.06. The van der Waals surface area contributed by atoms with Crippen LogP contribution in [0.25, 0.3) is 0 Å². The van der Waals surface area contributed by atoms with Crippen molar-refractivity contribution in [2.24, 2.45) is 0 Å². The summed E-state index contributed by atoms with van der Waals surface area (Å²) in [6.45, 7) is 2.41. The van der Waals surface area contributed by atoms with Crippen LogP contribution in [0.4, 0.5) is 21.5 Å². The zero-order valence-corrected chi connectivity index (χ0v) is 12.1. The zero-order chi connectivity index (χ0) is 15.4. The van der Waals surface area contributed by atoms with E-state index < -0.39 is 0 Å². The molecule has 1 amide bonds. The Hall–Kier alpha value is -2.56. The first-order valence-corrected chi connectivity index (χ1v) is 6.70. The van der Waals surface area contributed by atoms with Gasteiger partial charge in [-0.1, -0.05) is 6.07 Å². The maximum absolute atomic E-state index is 13.3. The van der Waals surface area contributed by atoms with Gasteiger partial charge >= 0.3 is 0 Å². The van der Waals surface area contributed by atoms with E-state index in [2.05, 4.69) is 5.32 Å². The Kier molecular flexibility index (Phi) is 4.42. The summed E-state index contributed by atoms with van der Waals surface area (Å²) >= 11 is 0. The lowest BCUT2D eigenvalue weighted by molar-refractivity contribution is 0.0956. The fraction of sp³-hybridized carbons (Fsp3) is 0.188. The van der Waals surface area contributed by atoms with Crippen LogP contribution in [0, 0.1) is 5.82 Å². The molecular weight excluding hydrogens is 269 g/mol. The number of nitrogens with two attached hydrogens (primary N) is 1. The predicted molar refractivity (Wildman–Crippen MR) is 83.3 cm³/mol. The molecule has 0 aliphatic heterocycles. The van der Waals surface area contributed by atoms with E-state index in [0.29, 0.717) is 29.2 Å². The monoisotopic (exact) mass is 287 g/mol. The van der Waals surface area contributed by atoms with Gasteiger partial charge in [-0.05, 0) is 43.3 Å². The topological polar surface area (TPSA) is 58.4 Å². The molecule has 0 aliphatic rings. The van der Waals surface area contributed by atoms with E-state index in [-0.39, 0.29) is 11.7 Å². The van der Waals surface area contributed by atoms with Crippen molar-refractivity contribution in [3.05, 3.63) is 53.8 Å². The van der Waals surface area contributed by atoms with Crippen LogP contribution in [-0.4, -0.2) is 19.5 Å². The minimum absolute atomic E-state index is 0.161. The molecule has 0 heterocycles. The normalized spacial score (nSPS) is 10.2. The maximum atomic E-state index is 13.3. The van der Waals surface area contributed by atoms with E-state index >= 15 is 0 Å². The van der Waals surface area contributed by atoms with Crippen molar-refractivity contribution < 1.29 is 9.18 Å². The van der Waals surface area contributed by atoms with Gasteiger partial charge < -0.3 is 16.0 Å². The Morgan fingerprint density at radius 2 is 2.05 bits per heavy atom. The Labute approximate surface area is 123 Å². The number of rotatable bonds is 4. The van der Waals surface area contributed by atoms with Gasteiger partial charge in [-0.15, -0.1) is 0 Å². The summed E-state index contributed by atoms with van der Waals surface area (Å²) in [5, 5.41) is 2.74. The van der Waals surface area contributed by atoms with Gasteiger partial charge in [0.2, 0.25) is 0 Å². The van der Waals surface area contributed by atoms with E-state index in [4.69, 9.17) is 5.73 Å². The van der Waals surface area contributed by atoms with Gasteiger partial charge in [0.1, 0.15) is 5.82 Å². The maximum Gasteiger partial charge on any atom is 0.251 e. The Bertz CT molecular complexity index is 658. The molecule has 2 aromatic carbocycles. The molecular formula is C16H18FN3O. The first kappa shape index (κ1) is 14.8. The highest BCUT2D eigenvalue weighted by Crippen LogP contribution is 2.30. The largest absolute Gasteiger partial charge is 0.397 e. The van der Waals surface area contributed by atoms with Crippen molar-refractivity contribution in [2.75, 3.05) is 24.2 Å². The highest BCUT2D eigenvalue weighted by Gasteiger charge is 2.12. The number of hydrogen-bond donors (Lipinski definition) is 2. The SMILES string of the molecule is CCNC(=O)c1ccc(N)c(N(C)c2cccc(F)c2)c1. The van der Waals surface area contributed by atoms with E-state index in [1.807, 2.05) is 6.92 Å². The number of anilines is 3. The second-order valence-corrected chi connectivity index (χ2v) is 4.67. The molecule has 0 unspecified atom stereocenters. The summed E-state index contributed by atoms with van der Waals surface area (Å²) in [7, 11) is 1.78. The minimum Gasteiger partial charge on any atom is -0.397 e. The van der Waals surface area contributed by atoms with Crippen molar-refractivity contribution in [1.82, 2.24) is 5.32 Å². The first-order chi connectivity index (χ1) is 10.0. The second-order valence-electron chi connectivity index (χ2n) is 4.67. The molecule has 5 heteroatoms. The van der Waals surface area contributed by atoms with Gasteiger partial charge in [0.25, 0.3) is 5.91 Å². The summed E-state index contributed by atoms with van der Waals surface area (Å²) in [5.41, 5.74) is 8.33. The van der Waals surface area contributed by atoms with E-state index in [9.17, 15) is 9.18 Å². The summed E-state index contributed by atoms with van der Waals surface area (Å²) in [6.07, 6.45) is 0. The van der Waals surface area contributed by atoms with Crippen LogP contribution in [0.5, 0.6) is 0 Å². The number of hydrogen-bond acceptors (Lipinski definition) is 3. The number of nitrogens with zero attached hydrogens (tertiary/aromatic N) is 1. The lowest BCUT2D eigenvalue weighted by Gasteiger charge is -2.22. The second kappa shape index (κ2) is 6.26. The number of nitrogen functional groups attached to an aromatic ring is 1. The average molecular weight is 287 g/mol. The summed E-state index contributed by atoms with van der Waals surface area (Å²) in [6, 6.07) is 11.3. The summed E-state index contributed by atoms with van der Waals surface area (Å²) in [4.78, 5) is 13.6. The lowest BCUT2D eigenvalue weighted by atomic mass is 10.1. The van der Waals surface area contributed by atoms with Crippen LogP contribution in [-0.2, 0) is 0 Å². The smallest absolute Gasteiger partial charge is 0.251 e. The number of nitrogens with one attached hydrogen (secondary N) is 1. The molecule has 21 heavy (non-hydrogen) atoms. The number of halogens is 1. The zero-order valence-electron chi connectivity index (χ0n) is 12.1. The minimum atomic E-state index is -0.321. The molecule has 0 aromatic heterocycles. The fourth-order valence-corrected chi connectivity index (χ4v) is 2.06. The van der Waals surface area contributed by atoms with Gasteiger partial charge in [-0.2, -0.15) is 0 Å². The molecule has 4 nitrogen and oxygen atoms in total. The number of carbonyl (C=O) groups is 1. The average Bonchev–Trinajstić information content (AvgIpc) is 2.47. The van der Waals surface area contributed by atoms with Crippen LogP contribution in [0.2, 0.25) is 0 Å². The Balaban J connectivity index is 2.38. The van der Waals surface area contributed by atoms with Crippen molar-refractivity contribution in [1.29, 1.82) is 0 Å². The number of carbonyl (C=O) groups excluding carboxylic acids is 1. The van der Waals surface area contributed by atoms with Gasteiger partial charge in [0.15, 0.2) is 0 Å². The van der Waals surface area contributed by atoms with Gasteiger partial charge in [0.05, 0.1) is 11.4 Å². The first-order valence-electron chi connectivity index (χ1n) is 6.70. The van der Waals surface area contributed by atoms with Crippen molar-refractivity contribution in [3.8, 4) is 0 Å². The summed E-state index contributed by atoms with van der Waals surface area (Å²) < 4.78 is 13.3. The third-order valence-electron chi connectivity index (χ3n) is 3.19. The summed E-state index contributed by atoms with van der Waals surface area (Å²) in [5.74, 6) is -0.482. The van der Waals surface area contributed by atoms with E-state index in [1.54, 1.807) is 42.3 Å². The van der Waals surface area contributed by atoms with Gasteiger partial charge in [-0.3, -0.25) is 4.79 Å². The molecule has 0 fully saturated rings. The number of amides is 1. The van der Waals surface area contributed by atoms with Crippen LogP contribution in [0.3, 0.4) is 0 Å². The Morgan fingerprint density at radius 3 is 2.71 bits per heavy atom. The van der Waals surface area contributed by atoms with Crippen LogP contribution >= 0.6 is 0 Å². The number of benzene rings is 2. The quantitative estimate of drug-likeness (QED) is 0.850. The standard InChI is InChI=1S/C16H18FN3O/c1-3-19-16(21)11-7-8-14(18)15(9-11)20(2)13-6-4-5-12(17)10-13/h4-10H,3,18H2,1-2H3,(H,19,21). The van der Waals surface area contributed by atoms with Crippen molar-refractivity contribution >= 4 is 23.0 Å². The molecule has 0 aliphatic carbocycles. The molecule has 0 atom stereocenters. The molecule has 0 saturated carbocycles. The third kappa shape index (κ3) is 3.31. The van der Waals surface area contributed by atoms with Crippen LogP contribution in [0.15, 0.2) is 42.5 Å². The van der Waals surface area contributed by atoms with Gasteiger partial charge in [0, 0.05) is 24.8 Å². The lowest BCUT2D eigenvalue weighted by Crippen LogP contribution is -2.23. The molecule has 2 aromatic rings. The van der Waals surface area contributed by atoms with E-state index in [1.165, 1.54) is 12.1 Å². The molecule has 0 bridgehead atoms.